The van der Waals surface area contributed by atoms with Crippen LogP contribution in [-0.2, 0) is 9.47 Å². The Hall–Kier alpha value is -1.90. The number of benzene rings is 1. The number of rotatable bonds is 3. The predicted octanol–water partition coefficient (Wildman–Crippen LogP) is 2.07. The molecule has 1 amide bonds. The Kier molecular flexibility index (Phi) is 4.65. The average Bonchev–Trinajstić information content (AvgIpc) is 2.93. The summed E-state index contributed by atoms with van der Waals surface area (Å²) in [7, 11) is 1.72. The van der Waals surface area contributed by atoms with Crippen LogP contribution in [0.4, 0.5) is 0 Å². The fraction of sp³-hybridized carbons (Fsp3) is 0.556. The van der Waals surface area contributed by atoms with Gasteiger partial charge in [-0.05, 0) is 42.5 Å². The van der Waals surface area contributed by atoms with Crippen LogP contribution in [-0.4, -0.2) is 50.8 Å². The van der Waals surface area contributed by atoms with Crippen molar-refractivity contribution in [2.75, 3.05) is 40.0 Å². The first-order valence-corrected chi connectivity index (χ1v) is 8.05. The van der Waals surface area contributed by atoms with Crippen LogP contribution in [0.3, 0.4) is 0 Å². The minimum absolute atomic E-state index is 0.0407. The van der Waals surface area contributed by atoms with Crippen molar-refractivity contribution in [3.05, 3.63) is 35.4 Å². The van der Waals surface area contributed by atoms with Gasteiger partial charge in [-0.15, -0.1) is 0 Å². The van der Waals surface area contributed by atoms with Crippen molar-refractivity contribution < 1.29 is 14.3 Å². The van der Waals surface area contributed by atoms with E-state index < -0.39 is 0 Å². The molecule has 3 rings (SSSR count). The van der Waals surface area contributed by atoms with E-state index in [0.717, 1.165) is 39.1 Å². The number of carbonyl (C=O) groups is 1. The van der Waals surface area contributed by atoms with Crippen molar-refractivity contribution in [1.29, 1.82) is 5.26 Å². The van der Waals surface area contributed by atoms with Crippen LogP contribution in [0.1, 0.15) is 28.8 Å². The van der Waals surface area contributed by atoms with E-state index in [1.807, 2.05) is 4.90 Å². The van der Waals surface area contributed by atoms with E-state index in [-0.39, 0.29) is 11.3 Å². The summed E-state index contributed by atoms with van der Waals surface area (Å²) in [5.74, 6) is 0.401. The zero-order chi connectivity index (χ0) is 16.3. The Morgan fingerprint density at radius 2 is 2.09 bits per heavy atom. The minimum Gasteiger partial charge on any atom is -0.384 e. The third-order valence-corrected chi connectivity index (χ3v) is 5.22. The molecule has 0 radical (unpaired) electrons. The van der Waals surface area contributed by atoms with Crippen molar-refractivity contribution in [2.45, 2.75) is 12.8 Å². The van der Waals surface area contributed by atoms with E-state index >= 15 is 0 Å². The summed E-state index contributed by atoms with van der Waals surface area (Å²) in [6, 6.07) is 8.94. The highest BCUT2D eigenvalue weighted by Crippen LogP contribution is 2.44. The molecule has 0 aromatic heterocycles. The Bertz CT molecular complexity index is 600. The van der Waals surface area contributed by atoms with Gasteiger partial charge < -0.3 is 14.4 Å². The normalized spacial score (nSPS) is 23.0. The summed E-state index contributed by atoms with van der Waals surface area (Å²) < 4.78 is 10.9. The fourth-order valence-electron chi connectivity index (χ4n) is 3.83. The summed E-state index contributed by atoms with van der Waals surface area (Å²) in [6.45, 7) is 3.70. The average molecular weight is 314 g/mol. The van der Waals surface area contributed by atoms with Gasteiger partial charge in [0, 0.05) is 44.9 Å². The second-order valence-corrected chi connectivity index (χ2v) is 6.50. The van der Waals surface area contributed by atoms with Gasteiger partial charge in [0.2, 0.25) is 0 Å². The number of amides is 1. The maximum Gasteiger partial charge on any atom is 0.253 e. The number of methoxy groups -OCH3 is 1. The summed E-state index contributed by atoms with van der Waals surface area (Å²) in [5.41, 5.74) is 1.33. The first kappa shape index (κ1) is 16.0. The highest BCUT2D eigenvalue weighted by atomic mass is 16.5. The monoisotopic (exact) mass is 314 g/mol. The highest BCUT2D eigenvalue weighted by Gasteiger charge is 2.48. The molecular formula is C18H22N2O3. The molecule has 2 heterocycles. The SMILES string of the molecule is COCC1CN(C(=O)c2ccc(C#N)cc2)CC12CCOCC2. The predicted molar refractivity (Wildman–Crippen MR) is 84.9 cm³/mol. The maximum absolute atomic E-state index is 12.8. The van der Waals surface area contributed by atoms with Crippen LogP contribution in [0.5, 0.6) is 0 Å². The van der Waals surface area contributed by atoms with Gasteiger partial charge in [0.05, 0.1) is 18.2 Å². The first-order valence-electron chi connectivity index (χ1n) is 8.05. The van der Waals surface area contributed by atoms with Gasteiger partial charge in [-0.25, -0.2) is 0 Å². The summed E-state index contributed by atoms with van der Waals surface area (Å²) in [4.78, 5) is 14.7. The van der Waals surface area contributed by atoms with Gasteiger partial charge >= 0.3 is 0 Å². The molecule has 1 aromatic carbocycles. The van der Waals surface area contributed by atoms with E-state index in [0.29, 0.717) is 23.7 Å². The summed E-state index contributed by atoms with van der Waals surface area (Å²) in [6.07, 6.45) is 1.97. The molecule has 0 bridgehead atoms. The molecule has 1 unspecified atom stereocenters. The molecule has 0 saturated carbocycles. The van der Waals surface area contributed by atoms with Crippen LogP contribution in [0, 0.1) is 22.7 Å². The molecule has 1 spiro atoms. The molecule has 2 aliphatic rings. The lowest BCUT2D eigenvalue weighted by molar-refractivity contribution is -0.0169. The number of ether oxygens (including phenoxy) is 2. The molecule has 23 heavy (non-hydrogen) atoms. The van der Waals surface area contributed by atoms with Crippen LogP contribution in [0.25, 0.3) is 0 Å². The lowest BCUT2D eigenvalue weighted by Crippen LogP contribution is -2.39. The number of likely N-dealkylation sites (tertiary alicyclic amines) is 1. The topological polar surface area (TPSA) is 62.6 Å². The smallest absolute Gasteiger partial charge is 0.253 e. The first-order chi connectivity index (χ1) is 11.2. The molecule has 1 atom stereocenters. The van der Waals surface area contributed by atoms with Gasteiger partial charge in [-0.3, -0.25) is 4.79 Å². The van der Waals surface area contributed by atoms with E-state index in [1.54, 1.807) is 31.4 Å². The van der Waals surface area contributed by atoms with E-state index in [9.17, 15) is 4.79 Å². The molecular weight excluding hydrogens is 292 g/mol. The molecule has 1 aromatic rings. The molecule has 0 aliphatic carbocycles. The van der Waals surface area contributed by atoms with Crippen LogP contribution in [0.15, 0.2) is 24.3 Å². The second kappa shape index (κ2) is 6.69. The van der Waals surface area contributed by atoms with Crippen LogP contribution in [0.2, 0.25) is 0 Å². The lowest BCUT2D eigenvalue weighted by atomic mass is 9.72. The summed E-state index contributed by atoms with van der Waals surface area (Å²) >= 11 is 0. The third kappa shape index (κ3) is 3.10. The van der Waals surface area contributed by atoms with Crippen LogP contribution >= 0.6 is 0 Å². The number of hydrogen-bond acceptors (Lipinski definition) is 4. The number of nitriles is 1. The summed E-state index contributed by atoms with van der Waals surface area (Å²) in [5, 5.41) is 8.87. The highest BCUT2D eigenvalue weighted by molar-refractivity contribution is 5.94. The Morgan fingerprint density at radius 3 is 2.70 bits per heavy atom. The number of hydrogen-bond donors (Lipinski definition) is 0. The Balaban J connectivity index is 1.77. The van der Waals surface area contributed by atoms with Crippen molar-refractivity contribution >= 4 is 5.91 Å². The van der Waals surface area contributed by atoms with Gasteiger partial charge in [-0.1, -0.05) is 0 Å². The third-order valence-electron chi connectivity index (χ3n) is 5.22. The van der Waals surface area contributed by atoms with E-state index in [2.05, 4.69) is 6.07 Å². The molecule has 2 aliphatic heterocycles. The zero-order valence-corrected chi connectivity index (χ0v) is 13.5. The fourth-order valence-corrected chi connectivity index (χ4v) is 3.83. The molecule has 0 N–H and O–H groups in total. The Morgan fingerprint density at radius 1 is 1.39 bits per heavy atom. The van der Waals surface area contributed by atoms with Gasteiger partial charge in [0.1, 0.15) is 0 Å². The van der Waals surface area contributed by atoms with Crippen molar-refractivity contribution in [1.82, 2.24) is 4.90 Å². The molecule has 122 valence electrons. The molecule has 2 saturated heterocycles. The van der Waals surface area contributed by atoms with Gasteiger partial charge in [0.25, 0.3) is 5.91 Å². The van der Waals surface area contributed by atoms with Crippen molar-refractivity contribution in [2.24, 2.45) is 11.3 Å². The Labute approximate surface area is 136 Å². The standard InChI is InChI=1S/C18H22N2O3/c1-22-12-16-11-20(13-18(16)6-8-23-9-7-18)17(21)15-4-2-14(10-19)3-5-15/h2-5,16H,6-9,11-13H2,1H3. The number of nitrogens with zero attached hydrogens (tertiary/aromatic N) is 2. The molecule has 2 fully saturated rings. The van der Waals surface area contributed by atoms with E-state index in [4.69, 9.17) is 14.7 Å². The van der Waals surface area contributed by atoms with Crippen molar-refractivity contribution in [3.8, 4) is 6.07 Å². The maximum atomic E-state index is 12.8. The molecule has 5 nitrogen and oxygen atoms in total. The minimum atomic E-state index is 0.0407. The van der Waals surface area contributed by atoms with Gasteiger partial charge in [-0.2, -0.15) is 5.26 Å². The lowest BCUT2D eigenvalue weighted by Gasteiger charge is -2.37. The molecule has 5 heteroatoms. The van der Waals surface area contributed by atoms with E-state index in [1.165, 1.54) is 0 Å². The largest absolute Gasteiger partial charge is 0.384 e. The van der Waals surface area contributed by atoms with Gasteiger partial charge in [0.15, 0.2) is 0 Å². The second-order valence-electron chi connectivity index (χ2n) is 6.50. The quantitative estimate of drug-likeness (QED) is 0.857. The van der Waals surface area contributed by atoms with Crippen molar-refractivity contribution in [3.63, 3.8) is 0 Å². The number of carbonyl (C=O) groups excluding carboxylic acids is 1. The van der Waals surface area contributed by atoms with Crippen LogP contribution < -0.4 is 0 Å². The zero-order valence-electron chi connectivity index (χ0n) is 13.5.